The highest BCUT2D eigenvalue weighted by atomic mass is 16.4. The Morgan fingerprint density at radius 1 is 1.08 bits per heavy atom. The number of anilines is 1. The lowest BCUT2D eigenvalue weighted by Crippen LogP contribution is -2.28. The summed E-state index contributed by atoms with van der Waals surface area (Å²) in [4.78, 5) is 36.4. The lowest BCUT2D eigenvalue weighted by Gasteiger charge is -2.17. The number of hydrogen-bond donors (Lipinski definition) is 2. The first kappa shape index (κ1) is 16.7. The molecule has 128 valence electrons. The normalized spacial score (nSPS) is 12.6. The van der Waals surface area contributed by atoms with Crippen LogP contribution in [0.2, 0.25) is 0 Å². The standard InChI is InChI=1S/C19H18N2O4/c1-12(22)20-11-13-2-4-14(5-3-13)18(23)21-9-8-15-10-16(19(24)25)6-7-17(15)21/h2-7,10H,8-9,11H2,1H3,(H,20,22)(H,24,25). The second kappa shape index (κ2) is 6.76. The molecule has 1 aliphatic rings. The summed E-state index contributed by atoms with van der Waals surface area (Å²) in [6, 6.07) is 11.9. The highest BCUT2D eigenvalue weighted by Gasteiger charge is 2.26. The molecule has 0 unspecified atom stereocenters. The molecule has 2 N–H and O–H groups in total. The highest BCUT2D eigenvalue weighted by Crippen LogP contribution is 2.30. The average molecular weight is 338 g/mol. The molecule has 2 aromatic rings. The number of hydrogen-bond acceptors (Lipinski definition) is 3. The smallest absolute Gasteiger partial charge is 0.335 e. The predicted molar refractivity (Wildman–Crippen MR) is 92.7 cm³/mol. The van der Waals surface area contributed by atoms with Crippen molar-refractivity contribution in [3.63, 3.8) is 0 Å². The molecule has 2 amide bonds. The third-order valence-electron chi connectivity index (χ3n) is 4.21. The summed E-state index contributed by atoms with van der Waals surface area (Å²) < 4.78 is 0. The Labute approximate surface area is 145 Å². The number of nitrogens with one attached hydrogen (secondary N) is 1. The molecule has 0 saturated carbocycles. The van der Waals surface area contributed by atoms with Gasteiger partial charge in [-0.25, -0.2) is 4.79 Å². The number of aromatic carboxylic acids is 1. The third-order valence-corrected chi connectivity index (χ3v) is 4.21. The van der Waals surface area contributed by atoms with E-state index in [2.05, 4.69) is 5.32 Å². The molecule has 0 radical (unpaired) electrons. The van der Waals surface area contributed by atoms with Gasteiger partial charge in [-0.1, -0.05) is 12.1 Å². The van der Waals surface area contributed by atoms with E-state index >= 15 is 0 Å². The van der Waals surface area contributed by atoms with Crippen molar-refractivity contribution in [2.75, 3.05) is 11.4 Å². The second-order valence-electron chi connectivity index (χ2n) is 5.96. The van der Waals surface area contributed by atoms with Crippen LogP contribution in [-0.4, -0.2) is 29.4 Å². The summed E-state index contributed by atoms with van der Waals surface area (Å²) in [5, 5.41) is 11.8. The Morgan fingerprint density at radius 2 is 1.76 bits per heavy atom. The fourth-order valence-electron chi connectivity index (χ4n) is 2.89. The van der Waals surface area contributed by atoms with E-state index in [1.54, 1.807) is 29.2 Å². The van der Waals surface area contributed by atoms with Gasteiger partial charge in [-0.15, -0.1) is 0 Å². The number of nitrogens with zero attached hydrogens (tertiary/aromatic N) is 1. The first-order valence-corrected chi connectivity index (χ1v) is 7.97. The zero-order valence-electron chi connectivity index (χ0n) is 13.8. The van der Waals surface area contributed by atoms with Crippen molar-refractivity contribution in [1.82, 2.24) is 5.32 Å². The Morgan fingerprint density at radius 3 is 2.40 bits per heavy atom. The number of fused-ring (bicyclic) bond motifs is 1. The minimum absolute atomic E-state index is 0.102. The summed E-state index contributed by atoms with van der Waals surface area (Å²) in [5.41, 5.74) is 3.34. The van der Waals surface area contributed by atoms with Gasteiger partial charge in [0.05, 0.1) is 5.56 Å². The molecule has 0 spiro atoms. The molecular formula is C19H18N2O4. The van der Waals surface area contributed by atoms with Gasteiger partial charge in [0.25, 0.3) is 5.91 Å². The first-order valence-electron chi connectivity index (χ1n) is 7.97. The van der Waals surface area contributed by atoms with Crippen molar-refractivity contribution < 1.29 is 19.5 Å². The largest absolute Gasteiger partial charge is 0.478 e. The van der Waals surface area contributed by atoms with Crippen LogP contribution in [0.5, 0.6) is 0 Å². The topological polar surface area (TPSA) is 86.7 Å². The second-order valence-corrected chi connectivity index (χ2v) is 5.96. The Hall–Kier alpha value is -3.15. The van der Waals surface area contributed by atoms with Gasteiger partial charge in [0.15, 0.2) is 0 Å². The van der Waals surface area contributed by atoms with E-state index in [0.29, 0.717) is 25.1 Å². The fourth-order valence-corrected chi connectivity index (χ4v) is 2.89. The monoisotopic (exact) mass is 338 g/mol. The van der Waals surface area contributed by atoms with E-state index in [-0.39, 0.29) is 17.4 Å². The summed E-state index contributed by atoms with van der Waals surface area (Å²) in [6.07, 6.45) is 0.642. The summed E-state index contributed by atoms with van der Waals surface area (Å²) in [6.45, 7) is 2.41. The van der Waals surface area contributed by atoms with Gasteiger partial charge in [-0.05, 0) is 47.9 Å². The SMILES string of the molecule is CC(=O)NCc1ccc(C(=O)N2CCc3cc(C(=O)O)ccc32)cc1. The van der Waals surface area contributed by atoms with Crippen LogP contribution in [0.1, 0.15) is 38.8 Å². The van der Waals surface area contributed by atoms with Gasteiger partial charge in [0, 0.05) is 31.3 Å². The molecule has 6 nitrogen and oxygen atoms in total. The number of benzene rings is 2. The number of carboxylic acid groups (broad SMARTS) is 1. The lowest BCUT2D eigenvalue weighted by molar-refractivity contribution is -0.119. The van der Waals surface area contributed by atoms with Crippen LogP contribution >= 0.6 is 0 Å². The Kier molecular flexibility index (Phi) is 4.52. The van der Waals surface area contributed by atoms with Crippen LogP contribution in [0.25, 0.3) is 0 Å². The quantitative estimate of drug-likeness (QED) is 0.895. The Bertz CT molecular complexity index is 843. The maximum atomic E-state index is 12.7. The molecule has 0 fully saturated rings. The van der Waals surface area contributed by atoms with Crippen LogP contribution in [-0.2, 0) is 17.8 Å². The number of carbonyl (C=O) groups excluding carboxylic acids is 2. The van der Waals surface area contributed by atoms with E-state index in [0.717, 1.165) is 16.8 Å². The van der Waals surface area contributed by atoms with Crippen LogP contribution in [0.3, 0.4) is 0 Å². The highest BCUT2D eigenvalue weighted by molar-refractivity contribution is 6.07. The first-order chi connectivity index (χ1) is 12.0. The maximum Gasteiger partial charge on any atom is 0.335 e. The van der Waals surface area contributed by atoms with Crippen molar-refractivity contribution in [2.45, 2.75) is 19.9 Å². The minimum Gasteiger partial charge on any atom is -0.478 e. The van der Waals surface area contributed by atoms with Crippen LogP contribution in [0.15, 0.2) is 42.5 Å². The van der Waals surface area contributed by atoms with Crippen molar-refractivity contribution in [1.29, 1.82) is 0 Å². The van der Waals surface area contributed by atoms with Gasteiger partial charge in [-0.3, -0.25) is 9.59 Å². The summed E-state index contributed by atoms with van der Waals surface area (Å²) in [5.74, 6) is -1.19. The maximum absolute atomic E-state index is 12.7. The zero-order valence-corrected chi connectivity index (χ0v) is 13.8. The molecule has 0 saturated heterocycles. The molecule has 0 aliphatic carbocycles. The molecule has 3 rings (SSSR count). The van der Waals surface area contributed by atoms with E-state index in [1.807, 2.05) is 12.1 Å². The van der Waals surface area contributed by atoms with Crippen LogP contribution in [0, 0.1) is 0 Å². The van der Waals surface area contributed by atoms with E-state index in [4.69, 9.17) is 5.11 Å². The van der Waals surface area contributed by atoms with E-state index in [9.17, 15) is 14.4 Å². The van der Waals surface area contributed by atoms with E-state index in [1.165, 1.54) is 13.0 Å². The van der Waals surface area contributed by atoms with Gasteiger partial charge >= 0.3 is 5.97 Å². The average Bonchev–Trinajstić information content (AvgIpc) is 3.02. The Balaban J connectivity index is 1.77. The summed E-state index contributed by atoms with van der Waals surface area (Å²) >= 11 is 0. The van der Waals surface area contributed by atoms with Crippen LogP contribution < -0.4 is 10.2 Å². The summed E-state index contributed by atoms with van der Waals surface area (Å²) in [7, 11) is 0. The number of rotatable bonds is 4. The molecule has 25 heavy (non-hydrogen) atoms. The van der Waals surface area contributed by atoms with Crippen molar-refractivity contribution in [3.05, 3.63) is 64.7 Å². The molecule has 0 bridgehead atoms. The minimum atomic E-state index is -0.970. The molecule has 1 aliphatic heterocycles. The molecule has 0 aromatic heterocycles. The predicted octanol–water partition coefficient (Wildman–Crippen LogP) is 2.22. The molecule has 0 atom stereocenters. The van der Waals surface area contributed by atoms with Gasteiger partial charge in [-0.2, -0.15) is 0 Å². The van der Waals surface area contributed by atoms with Gasteiger partial charge < -0.3 is 15.3 Å². The molecular weight excluding hydrogens is 320 g/mol. The molecule has 6 heteroatoms. The number of amides is 2. The third kappa shape index (κ3) is 3.52. The van der Waals surface area contributed by atoms with Gasteiger partial charge in [0.2, 0.25) is 5.91 Å². The van der Waals surface area contributed by atoms with Crippen molar-refractivity contribution >= 4 is 23.5 Å². The zero-order chi connectivity index (χ0) is 18.0. The number of carbonyl (C=O) groups is 3. The van der Waals surface area contributed by atoms with E-state index < -0.39 is 5.97 Å². The molecule has 1 heterocycles. The van der Waals surface area contributed by atoms with Crippen molar-refractivity contribution in [2.24, 2.45) is 0 Å². The van der Waals surface area contributed by atoms with Crippen molar-refractivity contribution in [3.8, 4) is 0 Å². The fraction of sp³-hybridized carbons (Fsp3) is 0.211. The van der Waals surface area contributed by atoms with Gasteiger partial charge in [0.1, 0.15) is 0 Å². The molecule has 2 aromatic carbocycles. The number of carboxylic acids is 1. The lowest BCUT2D eigenvalue weighted by atomic mass is 10.1. The van der Waals surface area contributed by atoms with Crippen LogP contribution in [0.4, 0.5) is 5.69 Å².